The highest BCUT2D eigenvalue weighted by Gasteiger charge is 2.21. The molecular formula is C17H26ClNO. The van der Waals surface area contributed by atoms with Crippen LogP contribution < -0.4 is 10.1 Å². The van der Waals surface area contributed by atoms with Crippen LogP contribution in [0.15, 0.2) is 6.07 Å². The van der Waals surface area contributed by atoms with E-state index >= 15 is 0 Å². The third kappa shape index (κ3) is 3.29. The maximum Gasteiger partial charge on any atom is 0.125 e. The summed E-state index contributed by atoms with van der Waals surface area (Å²) in [5.74, 6) is 2.16. The van der Waals surface area contributed by atoms with Crippen LogP contribution in [-0.2, 0) is 6.42 Å². The van der Waals surface area contributed by atoms with E-state index < -0.39 is 0 Å². The van der Waals surface area contributed by atoms with Crippen molar-refractivity contribution < 1.29 is 4.74 Å². The number of benzene rings is 1. The van der Waals surface area contributed by atoms with E-state index in [1.54, 1.807) is 7.11 Å². The number of hydrogen-bond donors (Lipinski definition) is 1. The zero-order valence-corrected chi connectivity index (χ0v) is 13.8. The van der Waals surface area contributed by atoms with Gasteiger partial charge in [-0.3, -0.25) is 0 Å². The van der Waals surface area contributed by atoms with Crippen molar-refractivity contribution in [1.29, 1.82) is 0 Å². The average molecular weight is 296 g/mol. The second-order valence-electron chi connectivity index (χ2n) is 6.16. The zero-order valence-electron chi connectivity index (χ0n) is 13.1. The highest BCUT2D eigenvalue weighted by Crippen LogP contribution is 2.38. The van der Waals surface area contributed by atoms with E-state index in [9.17, 15) is 0 Å². The van der Waals surface area contributed by atoms with Crippen molar-refractivity contribution in [3.63, 3.8) is 0 Å². The fourth-order valence-corrected chi connectivity index (χ4v) is 3.33. The lowest BCUT2D eigenvalue weighted by atomic mass is 9.87. The molecule has 1 aliphatic rings. The van der Waals surface area contributed by atoms with Crippen molar-refractivity contribution in [3.05, 3.63) is 27.8 Å². The Bertz CT molecular complexity index is 465. The smallest absolute Gasteiger partial charge is 0.125 e. The minimum Gasteiger partial charge on any atom is -0.496 e. The first-order chi connectivity index (χ1) is 9.54. The summed E-state index contributed by atoms with van der Waals surface area (Å²) in [6.07, 6.45) is 3.62. The molecule has 1 aromatic rings. The third-order valence-electron chi connectivity index (χ3n) is 4.35. The minimum atomic E-state index is 0.422. The monoisotopic (exact) mass is 295 g/mol. The maximum absolute atomic E-state index is 6.44. The standard InChI is InChI=1S/C17H26ClNO/c1-11(2)14-9-16(18)12(3)15(17(14)20-4)8-13-6-5-7-19-10-13/h9,11,13,19H,5-8,10H2,1-4H3. The van der Waals surface area contributed by atoms with Gasteiger partial charge in [-0.25, -0.2) is 0 Å². The number of piperidine rings is 1. The Labute approximate surface area is 127 Å². The fourth-order valence-electron chi connectivity index (χ4n) is 3.10. The molecule has 1 heterocycles. The van der Waals surface area contributed by atoms with Gasteiger partial charge in [-0.2, -0.15) is 0 Å². The molecule has 2 nitrogen and oxygen atoms in total. The third-order valence-corrected chi connectivity index (χ3v) is 4.74. The molecule has 1 N–H and O–H groups in total. The first-order valence-corrected chi connectivity index (χ1v) is 7.99. The van der Waals surface area contributed by atoms with Crippen LogP contribution in [0, 0.1) is 12.8 Å². The number of ether oxygens (including phenoxy) is 1. The van der Waals surface area contributed by atoms with Crippen molar-refractivity contribution in [2.75, 3.05) is 20.2 Å². The van der Waals surface area contributed by atoms with Gasteiger partial charge in [-0.1, -0.05) is 25.4 Å². The second kappa shape index (κ2) is 6.82. The Balaban J connectivity index is 2.38. The summed E-state index contributed by atoms with van der Waals surface area (Å²) in [4.78, 5) is 0. The molecule has 1 fully saturated rings. The molecule has 0 saturated carbocycles. The molecule has 0 amide bonds. The Morgan fingerprint density at radius 1 is 1.45 bits per heavy atom. The van der Waals surface area contributed by atoms with Gasteiger partial charge >= 0.3 is 0 Å². The van der Waals surface area contributed by atoms with Gasteiger partial charge in [-0.05, 0) is 73.9 Å². The van der Waals surface area contributed by atoms with Crippen molar-refractivity contribution >= 4 is 11.6 Å². The summed E-state index contributed by atoms with van der Waals surface area (Å²) in [6, 6.07) is 2.07. The lowest BCUT2D eigenvalue weighted by Crippen LogP contribution is -2.31. The number of rotatable bonds is 4. The topological polar surface area (TPSA) is 21.3 Å². The van der Waals surface area contributed by atoms with Crippen molar-refractivity contribution in [3.8, 4) is 5.75 Å². The van der Waals surface area contributed by atoms with Crippen molar-refractivity contribution in [2.24, 2.45) is 5.92 Å². The molecule has 0 radical (unpaired) electrons. The van der Waals surface area contributed by atoms with E-state index in [0.29, 0.717) is 11.8 Å². The molecule has 0 aromatic heterocycles. The average Bonchev–Trinajstić information content (AvgIpc) is 2.44. The Hall–Kier alpha value is -0.730. The Morgan fingerprint density at radius 2 is 2.20 bits per heavy atom. The predicted molar refractivity (Wildman–Crippen MR) is 86.1 cm³/mol. The predicted octanol–water partition coefficient (Wildman–Crippen LogP) is 4.32. The molecule has 0 spiro atoms. The van der Waals surface area contributed by atoms with E-state index in [-0.39, 0.29) is 0 Å². The van der Waals surface area contributed by atoms with Crippen LogP contribution in [0.2, 0.25) is 5.02 Å². The van der Waals surface area contributed by atoms with E-state index in [1.807, 2.05) is 0 Å². The molecule has 20 heavy (non-hydrogen) atoms. The lowest BCUT2D eigenvalue weighted by molar-refractivity contribution is 0.361. The highest BCUT2D eigenvalue weighted by molar-refractivity contribution is 6.31. The molecule has 0 aliphatic carbocycles. The van der Waals surface area contributed by atoms with Gasteiger partial charge in [0.25, 0.3) is 0 Å². The van der Waals surface area contributed by atoms with Gasteiger partial charge < -0.3 is 10.1 Å². The van der Waals surface area contributed by atoms with Crippen LogP contribution in [0.3, 0.4) is 0 Å². The van der Waals surface area contributed by atoms with Gasteiger partial charge in [0.05, 0.1) is 7.11 Å². The largest absolute Gasteiger partial charge is 0.496 e. The second-order valence-corrected chi connectivity index (χ2v) is 6.56. The summed E-state index contributed by atoms with van der Waals surface area (Å²) >= 11 is 6.44. The quantitative estimate of drug-likeness (QED) is 0.893. The summed E-state index contributed by atoms with van der Waals surface area (Å²) < 4.78 is 5.74. The molecule has 1 aliphatic heterocycles. The van der Waals surface area contributed by atoms with Crippen LogP contribution in [0.25, 0.3) is 0 Å². The highest BCUT2D eigenvalue weighted by atomic mass is 35.5. The first kappa shape index (κ1) is 15.7. The fraction of sp³-hybridized carbons (Fsp3) is 0.647. The molecule has 1 atom stereocenters. The van der Waals surface area contributed by atoms with Gasteiger partial charge in [0.15, 0.2) is 0 Å². The van der Waals surface area contributed by atoms with Crippen LogP contribution >= 0.6 is 11.6 Å². The number of halogens is 1. The minimum absolute atomic E-state index is 0.422. The van der Waals surface area contributed by atoms with Crippen LogP contribution in [-0.4, -0.2) is 20.2 Å². The maximum atomic E-state index is 6.44. The Kier molecular flexibility index (Phi) is 5.34. The summed E-state index contributed by atoms with van der Waals surface area (Å²) in [5.41, 5.74) is 3.71. The van der Waals surface area contributed by atoms with Gasteiger partial charge in [0, 0.05) is 5.02 Å². The molecule has 1 aromatic carbocycles. The van der Waals surface area contributed by atoms with Gasteiger partial charge in [-0.15, -0.1) is 0 Å². The molecule has 2 rings (SSSR count). The molecular weight excluding hydrogens is 270 g/mol. The normalized spacial score (nSPS) is 19.4. The van der Waals surface area contributed by atoms with E-state index in [2.05, 4.69) is 32.2 Å². The Morgan fingerprint density at radius 3 is 2.75 bits per heavy atom. The molecule has 0 bridgehead atoms. The summed E-state index contributed by atoms with van der Waals surface area (Å²) in [6.45, 7) is 8.75. The SMILES string of the molecule is COc1c(C(C)C)cc(Cl)c(C)c1CC1CCCNC1. The van der Waals surface area contributed by atoms with Crippen LogP contribution in [0.4, 0.5) is 0 Å². The molecule has 3 heteroatoms. The number of nitrogens with one attached hydrogen (secondary N) is 1. The van der Waals surface area contributed by atoms with Crippen LogP contribution in [0.5, 0.6) is 5.75 Å². The first-order valence-electron chi connectivity index (χ1n) is 7.61. The zero-order chi connectivity index (χ0) is 14.7. The molecule has 112 valence electrons. The van der Waals surface area contributed by atoms with E-state index in [1.165, 1.54) is 29.5 Å². The number of hydrogen-bond acceptors (Lipinski definition) is 2. The molecule has 1 unspecified atom stereocenters. The van der Waals surface area contributed by atoms with Crippen molar-refractivity contribution in [1.82, 2.24) is 5.32 Å². The van der Waals surface area contributed by atoms with Gasteiger partial charge in [0.1, 0.15) is 5.75 Å². The number of methoxy groups -OCH3 is 1. The van der Waals surface area contributed by atoms with Gasteiger partial charge in [0.2, 0.25) is 0 Å². The van der Waals surface area contributed by atoms with E-state index in [4.69, 9.17) is 16.3 Å². The lowest BCUT2D eigenvalue weighted by Gasteiger charge is -2.26. The molecule has 1 saturated heterocycles. The van der Waals surface area contributed by atoms with E-state index in [0.717, 1.165) is 30.3 Å². The summed E-state index contributed by atoms with van der Waals surface area (Å²) in [7, 11) is 1.77. The summed E-state index contributed by atoms with van der Waals surface area (Å²) in [5, 5.41) is 4.36. The van der Waals surface area contributed by atoms with Crippen LogP contribution in [0.1, 0.15) is 49.3 Å². The van der Waals surface area contributed by atoms with Crippen molar-refractivity contribution in [2.45, 2.75) is 46.0 Å².